The molecular weight excluding hydrogens is 336 g/mol. The van der Waals surface area contributed by atoms with E-state index < -0.39 is 0 Å². The summed E-state index contributed by atoms with van der Waals surface area (Å²) in [5, 5.41) is 29.8. The van der Waals surface area contributed by atoms with E-state index in [1.807, 2.05) is 12.1 Å². The van der Waals surface area contributed by atoms with E-state index in [0.717, 1.165) is 17.5 Å². The largest absolute Gasteiger partial charge is 0.504 e. The number of ether oxygens (including phenoxy) is 3. The molecule has 3 N–H and O–H groups in total. The minimum atomic E-state index is -0.0795. The van der Waals surface area contributed by atoms with Crippen LogP contribution in [0, 0.1) is 11.8 Å². The van der Waals surface area contributed by atoms with Crippen LogP contribution in [0.4, 0.5) is 0 Å². The van der Waals surface area contributed by atoms with Crippen LogP contribution in [0.3, 0.4) is 0 Å². The molecule has 6 nitrogen and oxygen atoms in total. The molecule has 1 heterocycles. The van der Waals surface area contributed by atoms with Gasteiger partial charge in [0.05, 0.1) is 27.4 Å². The van der Waals surface area contributed by atoms with Crippen LogP contribution in [0.25, 0.3) is 0 Å². The van der Waals surface area contributed by atoms with Gasteiger partial charge < -0.3 is 29.5 Å². The summed E-state index contributed by atoms with van der Waals surface area (Å²) in [4.78, 5) is 0. The van der Waals surface area contributed by atoms with Gasteiger partial charge in [-0.05, 0) is 54.0 Å². The van der Waals surface area contributed by atoms with Gasteiger partial charge in [0.15, 0.2) is 23.0 Å². The van der Waals surface area contributed by atoms with Crippen molar-refractivity contribution in [2.24, 2.45) is 11.8 Å². The van der Waals surface area contributed by atoms with Crippen LogP contribution < -0.4 is 9.47 Å². The second kappa shape index (κ2) is 7.74. The van der Waals surface area contributed by atoms with Gasteiger partial charge in [-0.2, -0.15) is 0 Å². The standard InChI is InChI=1S/C20H24O6/c1-24-18-8-12(3-5-16(18)21)7-14-10-26-11-15(14)9-13-4-6-17(22)20(25-2)19(13)23/h3-6,8,14-15,21-23H,7,9-11H2,1-2H3. The first-order valence-electron chi connectivity index (χ1n) is 8.55. The van der Waals surface area contributed by atoms with Gasteiger partial charge in [0.25, 0.3) is 0 Å². The monoisotopic (exact) mass is 360 g/mol. The summed E-state index contributed by atoms with van der Waals surface area (Å²) in [6.45, 7) is 1.26. The van der Waals surface area contributed by atoms with Crippen LogP contribution in [0.1, 0.15) is 11.1 Å². The van der Waals surface area contributed by atoms with Crippen LogP contribution in [-0.4, -0.2) is 42.8 Å². The first-order chi connectivity index (χ1) is 12.5. The molecule has 2 aromatic carbocycles. The molecule has 3 rings (SSSR count). The second-order valence-corrected chi connectivity index (χ2v) is 6.60. The molecule has 0 aliphatic carbocycles. The third-order valence-corrected chi connectivity index (χ3v) is 4.95. The molecule has 0 spiro atoms. The summed E-state index contributed by atoms with van der Waals surface area (Å²) in [6.07, 6.45) is 1.42. The highest BCUT2D eigenvalue weighted by Gasteiger charge is 2.30. The van der Waals surface area contributed by atoms with Crippen LogP contribution in [0.2, 0.25) is 0 Å². The number of hydrogen-bond donors (Lipinski definition) is 3. The lowest BCUT2D eigenvalue weighted by molar-refractivity contribution is 0.180. The van der Waals surface area contributed by atoms with Crippen LogP contribution >= 0.6 is 0 Å². The summed E-state index contributed by atoms with van der Waals surface area (Å²) in [5.74, 6) is 1.09. The molecule has 0 saturated carbocycles. The molecule has 140 valence electrons. The number of aromatic hydroxyl groups is 3. The Balaban J connectivity index is 1.75. The van der Waals surface area contributed by atoms with E-state index in [4.69, 9.17) is 14.2 Å². The van der Waals surface area contributed by atoms with E-state index in [-0.39, 0.29) is 34.8 Å². The van der Waals surface area contributed by atoms with Crippen molar-refractivity contribution in [1.82, 2.24) is 0 Å². The number of methoxy groups -OCH3 is 2. The van der Waals surface area contributed by atoms with Crippen molar-refractivity contribution >= 4 is 0 Å². The lowest BCUT2D eigenvalue weighted by Gasteiger charge is -2.19. The van der Waals surface area contributed by atoms with Gasteiger partial charge in [0.2, 0.25) is 5.75 Å². The Hall–Kier alpha value is -2.60. The first-order valence-corrected chi connectivity index (χ1v) is 8.55. The molecular formula is C20H24O6. The average Bonchev–Trinajstić information content (AvgIpc) is 3.06. The number of phenols is 3. The molecule has 1 aliphatic heterocycles. The lowest BCUT2D eigenvalue weighted by Crippen LogP contribution is -2.17. The molecule has 26 heavy (non-hydrogen) atoms. The Bertz CT molecular complexity index is 773. The van der Waals surface area contributed by atoms with E-state index in [1.165, 1.54) is 20.3 Å². The molecule has 0 radical (unpaired) electrons. The SMILES string of the molecule is COc1cc(CC2COCC2Cc2ccc(O)c(OC)c2O)ccc1O. The Morgan fingerprint density at radius 2 is 1.62 bits per heavy atom. The third kappa shape index (κ3) is 3.65. The molecule has 1 fully saturated rings. The summed E-state index contributed by atoms with van der Waals surface area (Å²) in [6, 6.07) is 8.60. The number of hydrogen-bond acceptors (Lipinski definition) is 6. The number of phenolic OH excluding ortho intramolecular Hbond substituents is 3. The van der Waals surface area contributed by atoms with Gasteiger partial charge in [-0.25, -0.2) is 0 Å². The maximum absolute atomic E-state index is 10.3. The van der Waals surface area contributed by atoms with Gasteiger partial charge in [-0.1, -0.05) is 12.1 Å². The predicted octanol–water partition coefficient (Wildman–Crippen LogP) is 2.87. The van der Waals surface area contributed by atoms with Crippen molar-refractivity contribution in [3.8, 4) is 28.7 Å². The Morgan fingerprint density at radius 3 is 2.31 bits per heavy atom. The van der Waals surface area contributed by atoms with Crippen molar-refractivity contribution in [2.75, 3.05) is 27.4 Å². The number of benzene rings is 2. The van der Waals surface area contributed by atoms with Gasteiger partial charge >= 0.3 is 0 Å². The lowest BCUT2D eigenvalue weighted by atomic mass is 9.85. The quantitative estimate of drug-likeness (QED) is 0.734. The van der Waals surface area contributed by atoms with Crippen molar-refractivity contribution in [2.45, 2.75) is 12.8 Å². The fourth-order valence-electron chi connectivity index (χ4n) is 3.50. The predicted molar refractivity (Wildman–Crippen MR) is 96.2 cm³/mol. The fourth-order valence-corrected chi connectivity index (χ4v) is 3.50. The second-order valence-electron chi connectivity index (χ2n) is 6.60. The van der Waals surface area contributed by atoms with E-state index >= 15 is 0 Å². The molecule has 6 heteroatoms. The summed E-state index contributed by atoms with van der Waals surface area (Å²) < 4.78 is 15.9. The molecule has 2 atom stereocenters. The van der Waals surface area contributed by atoms with Crippen molar-refractivity contribution in [1.29, 1.82) is 0 Å². The zero-order valence-electron chi connectivity index (χ0n) is 14.9. The maximum atomic E-state index is 10.3. The Morgan fingerprint density at radius 1 is 0.923 bits per heavy atom. The van der Waals surface area contributed by atoms with Crippen LogP contribution in [0.5, 0.6) is 28.7 Å². The fraction of sp³-hybridized carbons (Fsp3) is 0.400. The summed E-state index contributed by atoms with van der Waals surface area (Å²) in [7, 11) is 2.94. The minimum absolute atomic E-state index is 0.0237. The van der Waals surface area contributed by atoms with Gasteiger partial charge in [-0.15, -0.1) is 0 Å². The molecule has 0 aromatic heterocycles. The van der Waals surface area contributed by atoms with E-state index in [0.29, 0.717) is 25.4 Å². The van der Waals surface area contributed by atoms with Crippen LogP contribution in [-0.2, 0) is 17.6 Å². The summed E-state index contributed by atoms with van der Waals surface area (Å²) >= 11 is 0. The smallest absolute Gasteiger partial charge is 0.203 e. The van der Waals surface area contributed by atoms with Gasteiger partial charge in [0, 0.05) is 0 Å². The topological polar surface area (TPSA) is 88.4 Å². The minimum Gasteiger partial charge on any atom is -0.504 e. The number of rotatable bonds is 6. The molecule has 2 aromatic rings. The average molecular weight is 360 g/mol. The molecule has 1 aliphatic rings. The van der Waals surface area contributed by atoms with Crippen LogP contribution in [0.15, 0.2) is 30.3 Å². The first kappa shape index (κ1) is 18.2. The summed E-state index contributed by atoms with van der Waals surface area (Å²) in [5.41, 5.74) is 1.79. The molecule has 2 unspecified atom stereocenters. The zero-order chi connectivity index (χ0) is 18.7. The van der Waals surface area contributed by atoms with Gasteiger partial charge in [-0.3, -0.25) is 0 Å². The Labute approximate surface area is 152 Å². The molecule has 0 bridgehead atoms. The van der Waals surface area contributed by atoms with E-state index in [9.17, 15) is 15.3 Å². The van der Waals surface area contributed by atoms with E-state index in [2.05, 4.69) is 0 Å². The molecule has 0 amide bonds. The molecule has 1 saturated heterocycles. The maximum Gasteiger partial charge on any atom is 0.203 e. The van der Waals surface area contributed by atoms with Gasteiger partial charge in [0.1, 0.15) is 0 Å². The van der Waals surface area contributed by atoms with Crippen molar-refractivity contribution in [3.63, 3.8) is 0 Å². The zero-order valence-corrected chi connectivity index (χ0v) is 14.9. The Kier molecular flexibility index (Phi) is 5.42. The van der Waals surface area contributed by atoms with Crippen molar-refractivity contribution < 1.29 is 29.5 Å². The van der Waals surface area contributed by atoms with Crippen molar-refractivity contribution in [3.05, 3.63) is 41.5 Å². The van der Waals surface area contributed by atoms with E-state index in [1.54, 1.807) is 12.1 Å². The highest BCUT2D eigenvalue weighted by molar-refractivity contribution is 5.54. The third-order valence-electron chi connectivity index (χ3n) is 4.95. The normalized spacial score (nSPS) is 19.5. The highest BCUT2D eigenvalue weighted by Crippen LogP contribution is 2.40. The highest BCUT2D eigenvalue weighted by atomic mass is 16.5.